The van der Waals surface area contributed by atoms with Crippen molar-refractivity contribution < 1.29 is 8.90 Å². The molecular weight excluding hydrogens is 375 g/mol. The van der Waals surface area contributed by atoms with Gasteiger partial charge in [0, 0.05) is 0 Å². The fourth-order valence-electron chi connectivity index (χ4n) is 3.99. The lowest BCUT2D eigenvalue weighted by Crippen LogP contribution is -2.46. The van der Waals surface area contributed by atoms with Gasteiger partial charge >= 0.3 is 0 Å². The Morgan fingerprint density at radius 1 is 0.724 bits per heavy atom. The molecular formula is C25H42N2OP+. The smallest absolute Gasteiger partial charge is 0.261 e. The lowest BCUT2D eigenvalue weighted by atomic mass is 9.80. The van der Waals surface area contributed by atoms with Crippen molar-refractivity contribution in [2.24, 2.45) is 0 Å². The van der Waals surface area contributed by atoms with Crippen molar-refractivity contribution in [1.82, 2.24) is 4.57 Å². The molecule has 2 rings (SSSR count). The molecule has 162 valence electrons. The van der Waals surface area contributed by atoms with Crippen LogP contribution in [0.25, 0.3) is 5.69 Å². The van der Waals surface area contributed by atoms with E-state index in [1.807, 2.05) is 23.1 Å². The maximum atomic E-state index is 14.3. The molecule has 29 heavy (non-hydrogen) atoms. The van der Waals surface area contributed by atoms with Crippen molar-refractivity contribution in [3.8, 4) is 5.69 Å². The average Bonchev–Trinajstić information content (AvgIpc) is 2.99. The van der Waals surface area contributed by atoms with Gasteiger partial charge in [0.15, 0.2) is 0 Å². The number of aromatic nitrogens is 2. The third-order valence-electron chi connectivity index (χ3n) is 5.71. The SMILES string of the molecule is CC(C)(C)c1cc(-n2cc[n+](P(=O)(C(C)(C)C)C(C)(C)C)c2)cc(C(C)(C)C)c1. The first-order chi connectivity index (χ1) is 12.8. The second-order valence-corrected chi connectivity index (χ2v) is 16.7. The molecule has 0 N–H and O–H groups in total. The first-order valence-corrected chi connectivity index (χ1v) is 12.3. The van der Waals surface area contributed by atoms with E-state index in [0.29, 0.717) is 0 Å². The zero-order valence-electron chi connectivity index (χ0n) is 20.7. The van der Waals surface area contributed by atoms with Gasteiger partial charge in [0.2, 0.25) is 0 Å². The van der Waals surface area contributed by atoms with Crippen molar-refractivity contribution in [2.45, 2.75) is 104 Å². The Balaban J connectivity index is 2.70. The normalized spacial score (nSPS) is 14.3. The van der Waals surface area contributed by atoms with Crippen LogP contribution in [-0.4, -0.2) is 14.9 Å². The summed E-state index contributed by atoms with van der Waals surface area (Å²) >= 11 is 0. The Kier molecular flexibility index (Phi) is 5.87. The fourth-order valence-corrected chi connectivity index (χ4v) is 7.89. The molecule has 0 amide bonds. The highest BCUT2D eigenvalue weighted by Crippen LogP contribution is 2.62. The van der Waals surface area contributed by atoms with Gasteiger partial charge < -0.3 is 0 Å². The van der Waals surface area contributed by atoms with Gasteiger partial charge in [-0.05, 0) is 75.6 Å². The molecule has 0 atom stereocenters. The van der Waals surface area contributed by atoms with Crippen LogP contribution in [0.15, 0.2) is 36.9 Å². The van der Waals surface area contributed by atoms with E-state index in [2.05, 4.69) is 106 Å². The van der Waals surface area contributed by atoms with E-state index in [0.717, 1.165) is 5.69 Å². The minimum absolute atomic E-state index is 0.0608. The summed E-state index contributed by atoms with van der Waals surface area (Å²) < 4.78 is 18.4. The van der Waals surface area contributed by atoms with Gasteiger partial charge in [-0.3, -0.25) is 4.57 Å². The molecule has 0 unspecified atom stereocenters. The van der Waals surface area contributed by atoms with Crippen LogP contribution in [0.2, 0.25) is 0 Å². The van der Waals surface area contributed by atoms with Crippen molar-refractivity contribution in [3.05, 3.63) is 48.0 Å². The van der Waals surface area contributed by atoms with Crippen molar-refractivity contribution >= 4 is 7.29 Å². The summed E-state index contributed by atoms with van der Waals surface area (Å²) in [6, 6.07) is 6.85. The molecule has 0 aliphatic heterocycles. The van der Waals surface area contributed by atoms with Crippen LogP contribution in [0.1, 0.15) is 94.2 Å². The summed E-state index contributed by atoms with van der Waals surface area (Å²) in [7, 11) is -2.73. The summed E-state index contributed by atoms with van der Waals surface area (Å²) in [5.41, 5.74) is 3.87. The van der Waals surface area contributed by atoms with E-state index in [9.17, 15) is 4.57 Å². The van der Waals surface area contributed by atoms with Crippen molar-refractivity contribution in [3.63, 3.8) is 0 Å². The molecule has 0 spiro atoms. The van der Waals surface area contributed by atoms with Crippen LogP contribution in [0.4, 0.5) is 0 Å². The van der Waals surface area contributed by atoms with E-state index in [1.165, 1.54) is 11.1 Å². The molecule has 1 aromatic carbocycles. The fraction of sp³-hybridized carbons (Fsp3) is 0.640. The van der Waals surface area contributed by atoms with Gasteiger partial charge in [0.05, 0.1) is 10.3 Å². The van der Waals surface area contributed by atoms with Crippen LogP contribution < -0.4 is 4.34 Å². The van der Waals surface area contributed by atoms with E-state index in [-0.39, 0.29) is 21.1 Å². The predicted molar refractivity (Wildman–Crippen MR) is 126 cm³/mol. The van der Waals surface area contributed by atoms with E-state index in [4.69, 9.17) is 0 Å². The Morgan fingerprint density at radius 3 is 1.48 bits per heavy atom. The minimum atomic E-state index is -2.73. The summed E-state index contributed by atoms with van der Waals surface area (Å²) in [6.07, 6.45) is 6.04. The summed E-state index contributed by atoms with van der Waals surface area (Å²) in [4.78, 5) is 0. The Morgan fingerprint density at radius 2 is 1.14 bits per heavy atom. The summed E-state index contributed by atoms with van der Waals surface area (Å²) in [6.45, 7) is 26.0. The van der Waals surface area contributed by atoms with Gasteiger partial charge in [-0.1, -0.05) is 47.6 Å². The molecule has 2 aromatic rings. The molecule has 3 nitrogen and oxygen atoms in total. The number of benzene rings is 1. The lowest BCUT2D eigenvalue weighted by molar-refractivity contribution is -0.523. The first kappa shape index (κ1) is 23.9. The molecule has 0 saturated carbocycles. The maximum Gasteiger partial charge on any atom is 0.261 e. The van der Waals surface area contributed by atoms with Crippen molar-refractivity contribution in [1.29, 1.82) is 0 Å². The first-order valence-electron chi connectivity index (χ1n) is 10.7. The molecule has 0 fully saturated rings. The summed E-state index contributed by atoms with van der Waals surface area (Å²) in [5.74, 6) is 0. The highest BCUT2D eigenvalue weighted by Gasteiger charge is 2.52. The number of hydrogen-bond acceptors (Lipinski definition) is 1. The number of hydrogen-bond donors (Lipinski definition) is 0. The number of nitrogens with zero attached hydrogens (tertiary/aromatic N) is 2. The van der Waals surface area contributed by atoms with Gasteiger partial charge in [0.1, 0.15) is 18.1 Å². The largest absolute Gasteiger partial charge is 0.273 e. The third kappa shape index (κ3) is 4.55. The second-order valence-electron chi connectivity index (χ2n) is 12.4. The molecule has 1 aromatic heterocycles. The van der Waals surface area contributed by atoms with Gasteiger partial charge in [-0.2, -0.15) is 4.34 Å². The Bertz CT molecular complexity index is 875. The van der Waals surface area contributed by atoms with Crippen LogP contribution >= 0.6 is 7.29 Å². The molecule has 1 heterocycles. The van der Waals surface area contributed by atoms with Gasteiger partial charge in [-0.15, -0.1) is 0 Å². The quantitative estimate of drug-likeness (QED) is 0.479. The molecule has 0 aliphatic carbocycles. The third-order valence-corrected chi connectivity index (χ3v) is 10.2. The lowest BCUT2D eigenvalue weighted by Gasteiger charge is -2.37. The van der Waals surface area contributed by atoms with Crippen LogP contribution in [0.3, 0.4) is 0 Å². The molecule has 0 bridgehead atoms. The van der Waals surface area contributed by atoms with E-state index >= 15 is 0 Å². The van der Waals surface area contributed by atoms with Gasteiger partial charge in [0.25, 0.3) is 13.6 Å². The van der Waals surface area contributed by atoms with E-state index in [1.54, 1.807) is 0 Å². The number of imidazole rings is 1. The molecule has 4 heteroatoms. The summed E-state index contributed by atoms with van der Waals surface area (Å²) in [5, 5.41) is -0.655. The highest BCUT2D eigenvalue weighted by atomic mass is 31.2. The van der Waals surface area contributed by atoms with Crippen molar-refractivity contribution in [2.75, 3.05) is 0 Å². The standard InChI is InChI=1S/C25H42N2OP/c1-22(2,3)19-15-20(23(4,5)6)17-21(16-19)26-13-14-27(18-26)29(28,24(7,8)9)25(10,11)12/h13-18H,1-12H3/q+1. The monoisotopic (exact) mass is 417 g/mol. The van der Waals surface area contributed by atoms with Crippen LogP contribution in [-0.2, 0) is 15.4 Å². The maximum absolute atomic E-state index is 14.3. The molecule has 0 saturated heterocycles. The molecule has 0 radical (unpaired) electrons. The minimum Gasteiger partial charge on any atom is -0.273 e. The molecule has 0 aliphatic rings. The van der Waals surface area contributed by atoms with Crippen LogP contribution in [0.5, 0.6) is 0 Å². The van der Waals surface area contributed by atoms with Crippen LogP contribution in [0, 0.1) is 0 Å². The Labute approximate surface area is 179 Å². The topological polar surface area (TPSA) is 25.9 Å². The Hall–Kier alpha value is -1.34. The highest BCUT2D eigenvalue weighted by molar-refractivity contribution is 7.60. The zero-order valence-corrected chi connectivity index (χ0v) is 21.6. The average molecular weight is 418 g/mol. The van der Waals surface area contributed by atoms with Gasteiger partial charge in [-0.25, -0.2) is 4.57 Å². The second kappa shape index (κ2) is 7.12. The zero-order chi connectivity index (χ0) is 22.6. The number of rotatable bonds is 2. The van der Waals surface area contributed by atoms with E-state index < -0.39 is 7.29 Å². The predicted octanol–water partition coefficient (Wildman–Crippen LogP) is 7.08.